The van der Waals surface area contributed by atoms with E-state index in [1.807, 2.05) is 17.9 Å². The van der Waals surface area contributed by atoms with E-state index in [0.29, 0.717) is 37.4 Å². The lowest BCUT2D eigenvalue weighted by atomic mass is 9.64. The standard InChI is InChI=1S/C15H19F2N3/c1-3-11-8-10(2)19-13(12(11)18)20-7-6-14(9-20)4-5-15(14,16)17/h3,8H,1,4-7,9,18H2,2H3. The number of hydrogen-bond donors (Lipinski definition) is 1. The van der Waals surface area contributed by atoms with Gasteiger partial charge in [0, 0.05) is 30.8 Å². The number of halogens is 2. The van der Waals surface area contributed by atoms with Crippen LogP contribution in [-0.4, -0.2) is 24.0 Å². The fraction of sp³-hybridized carbons (Fsp3) is 0.533. The third-order valence-corrected chi connectivity index (χ3v) is 4.77. The van der Waals surface area contributed by atoms with Gasteiger partial charge in [0.2, 0.25) is 0 Å². The van der Waals surface area contributed by atoms with Crippen LogP contribution in [0.3, 0.4) is 0 Å². The Morgan fingerprint density at radius 2 is 2.15 bits per heavy atom. The zero-order valence-electron chi connectivity index (χ0n) is 11.6. The predicted molar refractivity (Wildman–Crippen MR) is 76.9 cm³/mol. The first-order chi connectivity index (χ1) is 9.38. The highest BCUT2D eigenvalue weighted by Gasteiger charge is 2.63. The summed E-state index contributed by atoms with van der Waals surface area (Å²) in [7, 11) is 0. The number of rotatable bonds is 2. The Morgan fingerprint density at radius 1 is 1.40 bits per heavy atom. The summed E-state index contributed by atoms with van der Waals surface area (Å²) >= 11 is 0. The molecule has 108 valence electrons. The van der Waals surface area contributed by atoms with Crippen LogP contribution in [0.1, 0.15) is 30.5 Å². The molecule has 5 heteroatoms. The number of hydrogen-bond acceptors (Lipinski definition) is 3. The molecule has 2 fully saturated rings. The lowest BCUT2D eigenvalue weighted by molar-refractivity contribution is -0.190. The Bertz CT molecular complexity index is 570. The van der Waals surface area contributed by atoms with E-state index in [9.17, 15) is 8.78 Å². The van der Waals surface area contributed by atoms with Gasteiger partial charge in [0.05, 0.1) is 11.1 Å². The minimum Gasteiger partial charge on any atom is -0.395 e. The van der Waals surface area contributed by atoms with Gasteiger partial charge >= 0.3 is 0 Å². The molecular formula is C15H19F2N3. The van der Waals surface area contributed by atoms with Crippen molar-refractivity contribution in [2.24, 2.45) is 5.41 Å². The van der Waals surface area contributed by atoms with Crippen LogP contribution in [-0.2, 0) is 0 Å². The molecule has 1 unspecified atom stereocenters. The molecule has 0 radical (unpaired) electrons. The first kappa shape index (κ1) is 13.3. The van der Waals surface area contributed by atoms with Crippen molar-refractivity contribution in [3.63, 3.8) is 0 Å². The van der Waals surface area contributed by atoms with Crippen molar-refractivity contribution in [3.05, 3.63) is 23.9 Å². The Labute approximate surface area is 117 Å². The molecule has 1 saturated carbocycles. The van der Waals surface area contributed by atoms with Gasteiger partial charge in [0.1, 0.15) is 0 Å². The second kappa shape index (κ2) is 4.17. The minimum absolute atomic E-state index is 0.00940. The third kappa shape index (κ3) is 1.72. The van der Waals surface area contributed by atoms with Crippen LogP contribution >= 0.6 is 0 Å². The summed E-state index contributed by atoms with van der Waals surface area (Å²) in [5.41, 5.74) is 7.40. The molecule has 0 aromatic carbocycles. The van der Waals surface area contributed by atoms with Crippen LogP contribution in [0.4, 0.5) is 20.3 Å². The van der Waals surface area contributed by atoms with E-state index in [2.05, 4.69) is 11.6 Å². The van der Waals surface area contributed by atoms with Gasteiger partial charge in [0.25, 0.3) is 5.92 Å². The van der Waals surface area contributed by atoms with E-state index in [0.717, 1.165) is 11.3 Å². The molecule has 2 aliphatic rings. The quantitative estimate of drug-likeness (QED) is 0.903. The van der Waals surface area contributed by atoms with E-state index >= 15 is 0 Å². The van der Waals surface area contributed by atoms with Crippen LogP contribution in [0.5, 0.6) is 0 Å². The zero-order chi connectivity index (χ0) is 14.5. The van der Waals surface area contributed by atoms with Crippen LogP contribution in [0.15, 0.2) is 12.6 Å². The van der Waals surface area contributed by atoms with Gasteiger partial charge in [-0.15, -0.1) is 0 Å². The van der Waals surface area contributed by atoms with Crippen molar-refractivity contribution in [1.29, 1.82) is 0 Å². The zero-order valence-corrected chi connectivity index (χ0v) is 11.6. The molecule has 1 aromatic heterocycles. The number of anilines is 2. The van der Waals surface area contributed by atoms with E-state index in [4.69, 9.17) is 5.73 Å². The fourth-order valence-corrected chi connectivity index (χ4v) is 3.32. The lowest BCUT2D eigenvalue weighted by Gasteiger charge is -2.46. The average Bonchev–Trinajstić information content (AvgIpc) is 2.87. The van der Waals surface area contributed by atoms with Crippen molar-refractivity contribution in [3.8, 4) is 0 Å². The van der Waals surface area contributed by atoms with E-state index < -0.39 is 11.3 Å². The first-order valence-electron chi connectivity index (χ1n) is 6.91. The highest BCUT2D eigenvalue weighted by molar-refractivity contribution is 5.75. The van der Waals surface area contributed by atoms with Crippen molar-refractivity contribution < 1.29 is 8.78 Å². The smallest absolute Gasteiger partial charge is 0.255 e. The predicted octanol–water partition coefficient (Wildman–Crippen LogP) is 3.24. The van der Waals surface area contributed by atoms with Gasteiger partial charge in [-0.3, -0.25) is 0 Å². The normalized spacial score (nSPS) is 27.6. The molecular weight excluding hydrogens is 260 g/mol. The third-order valence-electron chi connectivity index (χ3n) is 4.77. The van der Waals surface area contributed by atoms with Gasteiger partial charge in [-0.2, -0.15) is 0 Å². The molecule has 1 spiro atoms. The van der Waals surface area contributed by atoms with Gasteiger partial charge in [-0.05, 0) is 25.8 Å². The second-order valence-electron chi connectivity index (χ2n) is 5.95. The summed E-state index contributed by atoms with van der Waals surface area (Å²) in [6, 6.07) is 1.86. The Balaban J connectivity index is 1.92. The van der Waals surface area contributed by atoms with Gasteiger partial charge in [-0.1, -0.05) is 12.7 Å². The fourth-order valence-electron chi connectivity index (χ4n) is 3.32. The number of aryl methyl sites for hydroxylation is 1. The highest BCUT2D eigenvalue weighted by Crippen LogP contribution is 2.59. The first-order valence-corrected chi connectivity index (χ1v) is 6.91. The van der Waals surface area contributed by atoms with Crippen molar-refractivity contribution in [1.82, 2.24) is 4.98 Å². The molecule has 1 aliphatic heterocycles. The summed E-state index contributed by atoms with van der Waals surface area (Å²) in [6.45, 7) is 6.54. The Kier molecular flexibility index (Phi) is 2.78. The van der Waals surface area contributed by atoms with Crippen LogP contribution < -0.4 is 10.6 Å². The summed E-state index contributed by atoms with van der Waals surface area (Å²) in [4.78, 5) is 6.35. The molecule has 1 atom stereocenters. The topological polar surface area (TPSA) is 42.2 Å². The molecule has 1 aromatic rings. The Morgan fingerprint density at radius 3 is 2.65 bits per heavy atom. The number of pyridine rings is 1. The molecule has 2 N–H and O–H groups in total. The highest BCUT2D eigenvalue weighted by atomic mass is 19.3. The molecule has 2 heterocycles. The van der Waals surface area contributed by atoms with E-state index in [-0.39, 0.29) is 6.42 Å². The van der Waals surface area contributed by atoms with E-state index in [1.165, 1.54) is 0 Å². The molecule has 0 bridgehead atoms. The molecule has 20 heavy (non-hydrogen) atoms. The van der Waals surface area contributed by atoms with Gasteiger partial charge in [-0.25, -0.2) is 13.8 Å². The maximum absolute atomic E-state index is 13.8. The van der Waals surface area contributed by atoms with Crippen LogP contribution in [0.2, 0.25) is 0 Å². The molecule has 1 saturated heterocycles. The lowest BCUT2D eigenvalue weighted by Crippen LogP contribution is -2.52. The molecule has 0 amide bonds. The minimum atomic E-state index is -2.54. The molecule has 3 nitrogen and oxygen atoms in total. The number of alkyl halides is 2. The number of nitrogen functional groups attached to an aromatic ring is 1. The van der Waals surface area contributed by atoms with Crippen molar-refractivity contribution in [2.75, 3.05) is 23.7 Å². The van der Waals surface area contributed by atoms with Crippen molar-refractivity contribution in [2.45, 2.75) is 32.1 Å². The summed E-state index contributed by atoms with van der Waals surface area (Å²) in [5.74, 6) is -1.92. The summed E-state index contributed by atoms with van der Waals surface area (Å²) in [5, 5.41) is 0. The van der Waals surface area contributed by atoms with Gasteiger partial charge in [0.15, 0.2) is 5.82 Å². The monoisotopic (exact) mass is 279 g/mol. The SMILES string of the molecule is C=Cc1cc(C)nc(N2CCC3(CCC3(F)F)C2)c1N. The van der Waals surface area contributed by atoms with Crippen LogP contribution in [0, 0.1) is 12.3 Å². The number of aromatic nitrogens is 1. The number of nitrogens with zero attached hydrogens (tertiary/aromatic N) is 2. The maximum atomic E-state index is 13.8. The largest absolute Gasteiger partial charge is 0.395 e. The second-order valence-corrected chi connectivity index (χ2v) is 5.95. The molecule has 1 aliphatic carbocycles. The van der Waals surface area contributed by atoms with Crippen LogP contribution in [0.25, 0.3) is 6.08 Å². The number of nitrogens with two attached hydrogens (primary N) is 1. The van der Waals surface area contributed by atoms with Crippen molar-refractivity contribution >= 4 is 17.6 Å². The summed E-state index contributed by atoms with van der Waals surface area (Å²) < 4.78 is 27.6. The van der Waals surface area contributed by atoms with Gasteiger partial charge < -0.3 is 10.6 Å². The maximum Gasteiger partial charge on any atom is 0.255 e. The average molecular weight is 279 g/mol. The Hall–Kier alpha value is -1.65. The van der Waals surface area contributed by atoms with E-state index in [1.54, 1.807) is 6.08 Å². The summed E-state index contributed by atoms with van der Waals surface area (Å²) in [6.07, 6.45) is 2.79. The molecule has 3 rings (SSSR count).